The Hall–Kier alpha value is 0.135. The van der Waals surface area contributed by atoms with Gasteiger partial charge in [-0.2, -0.15) is 0 Å². The fraction of sp³-hybridized carbons (Fsp3) is 1.00. The van der Waals surface area contributed by atoms with Crippen LogP contribution in [0.15, 0.2) is 0 Å². The van der Waals surface area contributed by atoms with Crippen molar-refractivity contribution in [3.63, 3.8) is 0 Å². The van der Waals surface area contributed by atoms with Crippen molar-refractivity contribution in [2.45, 2.75) is 24.9 Å². The topological polar surface area (TPSA) is 81.8 Å². The summed E-state index contributed by atoms with van der Waals surface area (Å²) in [6.07, 6.45) is 1.75. The molecule has 0 aromatic carbocycles. The maximum absolute atomic E-state index is 10.5. The summed E-state index contributed by atoms with van der Waals surface area (Å²) < 4.78 is 20.4. The molecule has 0 saturated carbocycles. The lowest BCUT2D eigenvalue weighted by molar-refractivity contribution is 0.0475. The highest BCUT2D eigenvalue weighted by Gasteiger charge is 2.24. The van der Waals surface area contributed by atoms with E-state index in [0.29, 0.717) is 0 Å². The molecule has 3 N–H and O–H groups in total. The van der Waals surface area contributed by atoms with Gasteiger partial charge in [0.05, 0.1) is 12.7 Å². The van der Waals surface area contributed by atoms with E-state index in [0.717, 1.165) is 12.8 Å². The van der Waals surface area contributed by atoms with Gasteiger partial charge in [-0.15, -0.1) is 0 Å². The molecule has 1 aliphatic heterocycles. The van der Waals surface area contributed by atoms with Crippen LogP contribution in [0, 0.1) is 0 Å². The minimum Gasteiger partial charge on any atom is -0.382 e. The Bertz CT molecular complexity index is 196. The fourth-order valence-corrected chi connectivity index (χ4v) is 1.58. The average Bonchev–Trinajstić information content (AvgIpc) is 2.30. The van der Waals surface area contributed by atoms with Crippen molar-refractivity contribution >= 4 is 15.6 Å². The van der Waals surface area contributed by atoms with Gasteiger partial charge < -0.3 is 9.63 Å². The summed E-state index contributed by atoms with van der Waals surface area (Å²) in [5, 5.41) is 0. The van der Waals surface area contributed by atoms with Gasteiger partial charge in [-0.3, -0.25) is 4.52 Å². The van der Waals surface area contributed by atoms with Crippen LogP contribution in [0.2, 0.25) is 0 Å². The molecule has 1 saturated heterocycles. The number of rotatable bonds is 3. The number of hydrogen-bond acceptors (Lipinski definition) is 3. The van der Waals surface area contributed by atoms with E-state index in [2.05, 4.69) is 4.52 Å². The molecule has 5 nitrogen and oxygen atoms in total. The molecule has 0 aliphatic carbocycles. The van der Waals surface area contributed by atoms with Crippen molar-refractivity contribution in [3.05, 3.63) is 0 Å². The van der Waals surface area contributed by atoms with Gasteiger partial charge in [-0.25, -0.2) is 10.1 Å². The SMILES string of the molecule is BC1CCC(COP(N)(=O)O)O1. The van der Waals surface area contributed by atoms with Crippen LogP contribution in [0.1, 0.15) is 12.8 Å². The minimum atomic E-state index is -3.82. The lowest BCUT2D eigenvalue weighted by atomic mass is 9.97. The molecule has 70 valence electrons. The van der Waals surface area contributed by atoms with Crippen LogP contribution < -0.4 is 5.50 Å². The molecule has 0 spiro atoms. The molecule has 1 rings (SSSR count). The van der Waals surface area contributed by atoms with Gasteiger partial charge >= 0.3 is 7.75 Å². The highest BCUT2D eigenvalue weighted by atomic mass is 31.2. The molecule has 3 unspecified atom stereocenters. The molecule has 1 heterocycles. The molecule has 0 aromatic heterocycles. The van der Waals surface area contributed by atoms with Gasteiger partial charge in [0.2, 0.25) is 0 Å². The van der Waals surface area contributed by atoms with E-state index >= 15 is 0 Å². The third-order valence-corrected chi connectivity index (χ3v) is 2.28. The van der Waals surface area contributed by atoms with Gasteiger partial charge in [-0.1, -0.05) is 0 Å². The van der Waals surface area contributed by atoms with E-state index in [1.165, 1.54) is 0 Å². The first-order valence-corrected chi connectivity index (χ1v) is 5.53. The third-order valence-electron chi connectivity index (χ3n) is 1.77. The summed E-state index contributed by atoms with van der Waals surface area (Å²) in [5.74, 6) is 0. The quantitative estimate of drug-likeness (QED) is 0.452. The summed E-state index contributed by atoms with van der Waals surface area (Å²) in [4.78, 5) is 8.60. The van der Waals surface area contributed by atoms with E-state index < -0.39 is 7.75 Å². The molecule has 0 radical (unpaired) electrons. The molecule has 7 heteroatoms. The molecule has 0 amide bonds. The first-order valence-electron chi connectivity index (χ1n) is 3.89. The van der Waals surface area contributed by atoms with Crippen LogP contribution >= 0.6 is 7.75 Å². The van der Waals surface area contributed by atoms with Gasteiger partial charge in [-0.05, 0) is 12.8 Å². The predicted octanol–water partition coefficient (Wildman–Crippen LogP) is -0.800. The predicted molar refractivity (Wildman–Crippen MR) is 46.4 cm³/mol. The molecule has 1 fully saturated rings. The Labute approximate surface area is 72.2 Å². The van der Waals surface area contributed by atoms with Crippen LogP contribution in [0.3, 0.4) is 0 Å². The van der Waals surface area contributed by atoms with Crippen LogP contribution in [-0.4, -0.2) is 31.5 Å². The lowest BCUT2D eigenvalue weighted by Gasteiger charge is -2.12. The first-order chi connectivity index (χ1) is 5.47. The van der Waals surface area contributed by atoms with Crippen LogP contribution in [0.4, 0.5) is 0 Å². The van der Waals surface area contributed by atoms with E-state index in [-0.39, 0.29) is 18.7 Å². The number of nitrogens with two attached hydrogens (primary N) is 1. The lowest BCUT2D eigenvalue weighted by Crippen LogP contribution is -2.17. The molecule has 1 aliphatic rings. The zero-order valence-electron chi connectivity index (χ0n) is 6.97. The van der Waals surface area contributed by atoms with E-state index in [4.69, 9.17) is 15.1 Å². The van der Waals surface area contributed by atoms with E-state index in [1.807, 2.05) is 7.85 Å². The van der Waals surface area contributed by atoms with E-state index in [9.17, 15) is 4.57 Å². The monoisotopic (exact) mass is 193 g/mol. The molecular weight excluding hydrogens is 180 g/mol. The van der Waals surface area contributed by atoms with Crippen molar-refractivity contribution < 1.29 is 18.7 Å². The second-order valence-corrected chi connectivity index (χ2v) is 4.39. The van der Waals surface area contributed by atoms with Gasteiger partial charge in [0, 0.05) is 6.00 Å². The first kappa shape index (κ1) is 10.2. The summed E-state index contributed by atoms with van der Waals surface area (Å²) in [6.45, 7) is 0.106. The smallest absolute Gasteiger partial charge is 0.382 e. The maximum Gasteiger partial charge on any atom is 0.400 e. The Morgan fingerprint density at radius 2 is 2.42 bits per heavy atom. The second-order valence-electron chi connectivity index (χ2n) is 3.01. The minimum absolute atomic E-state index is 0.0796. The van der Waals surface area contributed by atoms with Crippen LogP contribution in [-0.2, 0) is 13.8 Å². The number of hydrogen-bond donors (Lipinski definition) is 2. The summed E-state index contributed by atoms with van der Waals surface area (Å²) in [6, 6.07) is 0.217. The summed E-state index contributed by atoms with van der Waals surface area (Å²) >= 11 is 0. The molecule has 0 aromatic rings. The highest BCUT2D eigenvalue weighted by molar-refractivity contribution is 7.50. The average molecular weight is 193 g/mol. The third kappa shape index (κ3) is 3.69. The molecular formula is C5H13BNO4P. The molecule has 12 heavy (non-hydrogen) atoms. The number of ether oxygens (including phenoxy) is 1. The Balaban J connectivity index is 2.21. The van der Waals surface area contributed by atoms with Crippen molar-refractivity contribution in [1.82, 2.24) is 0 Å². The summed E-state index contributed by atoms with van der Waals surface area (Å²) in [5.41, 5.74) is 4.78. The highest BCUT2D eigenvalue weighted by Crippen LogP contribution is 2.32. The van der Waals surface area contributed by atoms with E-state index in [1.54, 1.807) is 0 Å². The maximum atomic E-state index is 10.5. The Morgan fingerprint density at radius 1 is 1.75 bits per heavy atom. The van der Waals surface area contributed by atoms with Gasteiger partial charge in [0.1, 0.15) is 7.85 Å². The van der Waals surface area contributed by atoms with Crippen LogP contribution in [0.5, 0.6) is 0 Å². The fourth-order valence-electron chi connectivity index (χ4n) is 1.20. The van der Waals surface area contributed by atoms with Crippen molar-refractivity contribution in [2.75, 3.05) is 6.61 Å². The largest absolute Gasteiger partial charge is 0.400 e. The van der Waals surface area contributed by atoms with Crippen molar-refractivity contribution in [3.8, 4) is 0 Å². The van der Waals surface area contributed by atoms with Crippen LogP contribution in [0.25, 0.3) is 0 Å². The second kappa shape index (κ2) is 3.90. The zero-order chi connectivity index (χ0) is 9.19. The molecule has 3 atom stereocenters. The normalized spacial score (nSPS) is 34.8. The zero-order valence-corrected chi connectivity index (χ0v) is 7.87. The molecule has 0 bridgehead atoms. The Morgan fingerprint density at radius 3 is 2.83 bits per heavy atom. The standard InChI is InChI=1S/C5H13BNO4P/c6-5-2-1-4(11-5)3-10-12(7,8)9/h4-5H,1-3,6H2,(H3,7,8,9). The van der Waals surface area contributed by atoms with Crippen molar-refractivity contribution in [2.24, 2.45) is 5.50 Å². The van der Waals surface area contributed by atoms with Gasteiger partial charge in [0.25, 0.3) is 0 Å². The van der Waals surface area contributed by atoms with Crippen molar-refractivity contribution in [1.29, 1.82) is 0 Å². The summed E-state index contributed by atoms with van der Waals surface area (Å²) in [7, 11) is -1.86. The Kier molecular flexibility index (Phi) is 3.32. The van der Waals surface area contributed by atoms with Gasteiger partial charge in [0.15, 0.2) is 0 Å².